The van der Waals surface area contributed by atoms with E-state index >= 15 is 0 Å². The predicted octanol–water partition coefficient (Wildman–Crippen LogP) is 4.76. The van der Waals surface area contributed by atoms with Gasteiger partial charge in [-0.05, 0) is 41.0 Å². The van der Waals surface area contributed by atoms with Gasteiger partial charge in [0.2, 0.25) is 0 Å². The summed E-state index contributed by atoms with van der Waals surface area (Å²) < 4.78 is 0. The summed E-state index contributed by atoms with van der Waals surface area (Å²) in [5, 5.41) is 2.15. The fourth-order valence-electron chi connectivity index (χ4n) is 2.31. The van der Waals surface area contributed by atoms with Crippen molar-refractivity contribution in [2.45, 2.75) is 19.8 Å². The van der Waals surface area contributed by atoms with Crippen LogP contribution >= 0.6 is 11.3 Å². The van der Waals surface area contributed by atoms with Crippen molar-refractivity contribution in [2.75, 3.05) is 0 Å². The average molecular weight is 226 g/mol. The molecular formula is C15H14S. The molecule has 1 aromatic carbocycles. The van der Waals surface area contributed by atoms with Gasteiger partial charge in [0.1, 0.15) is 0 Å². The maximum absolute atomic E-state index is 2.38. The van der Waals surface area contributed by atoms with Gasteiger partial charge in [0, 0.05) is 4.88 Å². The van der Waals surface area contributed by atoms with E-state index in [1.807, 2.05) is 11.3 Å². The summed E-state index contributed by atoms with van der Waals surface area (Å²) in [7, 11) is 0. The molecule has 0 nitrogen and oxygen atoms in total. The molecule has 1 heterocycles. The lowest BCUT2D eigenvalue weighted by molar-refractivity contribution is 1.04. The highest BCUT2D eigenvalue weighted by Crippen LogP contribution is 2.36. The third kappa shape index (κ3) is 1.52. The highest BCUT2D eigenvalue weighted by molar-refractivity contribution is 7.13. The molecule has 2 aromatic rings. The van der Waals surface area contributed by atoms with Crippen molar-refractivity contribution in [1.82, 2.24) is 0 Å². The van der Waals surface area contributed by atoms with E-state index in [-0.39, 0.29) is 0 Å². The SMILES string of the molecule is CCC1=Cc2c(cccc2-c2cccs2)C1. The van der Waals surface area contributed by atoms with Gasteiger partial charge in [0.25, 0.3) is 0 Å². The molecule has 3 rings (SSSR count). The van der Waals surface area contributed by atoms with E-state index < -0.39 is 0 Å². The first-order valence-electron chi connectivity index (χ1n) is 5.73. The van der Waals surface area contributed by atoms with E-state index in [1.54, 1.807) is 5.57 Å². The zero-order valence-corrected chi connectivity index (χ0v) is 10.2. The average Bonchev–Trinajstić information content (AvgIpc) is 2.97. The van der Waals surface area contributed by atoms with Gasteiger partial charge in [-0.3, -0.25) is 0 Å². The summed E-state index contributed by atoms with van der Waals surface area (Å²) in [6, 6.07) is 11.0. The van der Waals surface area contributed by atoms with Gasteiger partial charge >= 0.3 is 0 Å². The van der Waals surface area contributed by atoms with Crippen LogP contribution in [0.3, 0.4) is 0 Å². The number of fused-ring (bicyclic) bond motifs is 1. The summed E-state index contributed by atoms with van der Waals surface area (Å²) in [6.07, 6.45) is 4.69. The Balaban J connectivity index is 2.15. The molecule has 0 atom stereocenters. The lowest BCUT2D eigenvalue weighted by Crippen LogP contribution is -1.85. The van der Waals surface area contributed by atoms with E-state index in [1.165, 1.54) is 28.0 Å². The molecule has 1 aliphatic rings. The fraction of sp³-hybridized carbons (Fsp3) is 0.200. The summed E-state index contributed by atoms with van der Waals surface area (Å²) in [5.74, 6) is 0. The highest BCUT2D eigenvalue weighted by Gasteiger charge is 2.15. The Morgan fingerprint density at radius 1 is 1.19 bits per heavy atom. The Morgan fingerprint density at radius 3 is 2.88 bits per heavy atom. The molecule has 16 heavy (non-hydrogen) atoms. The van der Waals surface area contributed by atoms with Crippen molar-refractivity contribution in [3.8, 4) is 10.4 Å². The molecule has 1 heteroatoms. The molecule has 1 aliphatic carbocycles. The van der Waals surface area contributed by atoms with E-state index in [2.05, 4.69) is 48.7 Å². The Hall–Kier alpha value is -1.34. The summed E-state index contributed by atoms with van der Waals surface area (Å²) in [6.45, 7) is 2.24. The van der Waals surface area contributed by atoms with Gasteiger partial charge in [-0.1, -0.05) is 42.8 Å². The molecule has 0 radical (unpaired) electrons. The maximum Gasteiger partial charge on any atom is 0.0348 e. The minimum atomic E-state index is 1.14. The van der Waals surface area contributed by atoms with Crippen LogP contribution in [-0.2, 0) is 6.42 Å². The zero-order valence-electron chi connectivity index (χ0n) is 9.36. The van der Waals surface area contributed by atoms with Crippen molar-refractivity contribution in [3.63, 3.8) is 0 Å². The summed E-state index contributed by atoms with van der Waals surface area (Å²) in [5.41, 5.74) is 5.89. The van der Waals surface area contributed by atoms with Crippen molar-refractivity contribution in [3.05, 3.63) is 52.4 Å². The van der Waals surface area contributed by atoms with E-state index in [0.717, 1.165) is 6.42 Å². The summed E-state index contributed by atoms with van der Waals surface area (Å²) >= 11 is 1.82. The second-order valence-electron chi connectivity index (χ2n) is 4.19. The normalized spacial score (nSPS) is 13.7. The maximum atomic E-state index is 2.38. The molecule has 0 unspecified atom stereocenters. The lowest BCUT2D eigenvalue weighted by atomic mass is 10.0. The smallest absolute Gasteiger partial charge is 0.0348 e. The molecule has 0 saturated carbocycles. The van der Waals surface area contributed by atoms with E-state index in [4.69, 9.17) is 0 Å². The number of thiophene rings is 1. The zero-order chi connectivity index (χ0) is 11.0. The Kier molecular flexibility index (Phi) is 2.41. The lowest BCUT2D eigenvalue weighted by Gasteiger charge is -2.04. The van der Waals surface area contributed by atoms with Crippen LogP contribution in [0.5, 0.6) is 0 Å². The molecular weight excluding hydrogens is 212 g/mol. The van der Waals surface area contributed by atoms with E-state index in [9.17, 15) is 0 Å². The van der Waals surface area contributed by atoms with Crippen LogP contribution in [0, 0.1) is 0 Å². The Bertz CT molecular complexity index is 533. The van der Waals surface area contributed by atoms with Crippen molar-refractivity contribution >= 4 is 17.4 Å². The van der Waals surface area contributed by atoms with Crippen LogP contribution in [0.15, 0.2) is 41.3 Å². The van der Waals surface area contributed by atoms with Crippen LogP contribution < -0.4 is 0 Å². The summed E-state index contributed by atoms with van der Waals surface area (Å²) in [4.78, 5) is 1.38. The number of rotatable bonds is 2. The van der Waals surface area contributed by atoms with Gasteiger partial charge in [-0.15, -0.1) is 11.3 Å². The first kappa shape index (κ1) is 9.86. The minimum Gasteiger partial charge on any atom is -0.144 e. The largest absolute Gasteiger partial charge is 0.144 e. The predicted molar refractivity (Wildman–Crippen MR) is 71.7 cm³/mol. The van der Waals surface area contributed by atoms with Crippen molar-refractivity contribution in [2.24, 2.45) is 0 Å². The van der Waals surface area contributed by atoms with Crippen molar-refractivity contribution in [1.29, 1.82) is 0 Å². The first-order valence-corrected chi connectivity index (χ1v) is 6.61. The van der Waals surface area contributed by atoms with Crippen LogP contribution in [0.25, 0.3) is 16.5 Å². The second kappa shape index (κ2) is 3.91. The third-order valence-electron chi connectivity index (χ3n) is 3.20. The molecule has 0 saturated heterocycles. The van der Waals surface area contributed by atoms with Crippen LogP contribution in [-0.4, -0.2) is 0 Å². The van der Waals surface area contributed by atoms with Gasteiger partial charge in [0.15, 0.2) is 0 Å². The van der Waals surface area contributed by atoms with Gasteiger partial charge in [-0.2, -0.15) is 0 Å². The molecule has 0 amide bonds. The number of hydrogen-bond acceptors (Lipinski definition) is 1. The Labute approximate surface area is 100 Å². The van der Waals surface area contributed by atoms with E-state index in [0.29, 0.717) is 0 Å². The molecule has 0 N–H and O–H groups in total. The van der Waals surface area contributed by atoms with Crippen LogP contribution in [0.4, 0.5) is 0 Å². The monoisotopic (exact) mass is 226 g/mol. The second-order valence-corrected chi connectivity index (χ2v) is 5.14. The number of benzene rings is 1. The Morgan fingerprint density at radius 2 is 2.12 bits per heavy atom. The molecule has 0 spiro atoms. The molecule has 0 aliphatic heterocycles. The molecule has 1 aromatic heterocycles. The molecule has 0 fully saturated rings. The van der Waals surface area contributed by atoms with Gasteiger partial charge in [0.05, 0.1) is 0 Å². The fourth-order valence-corrected chi connectivity index (χ4v) is 3.08. The third-order valence-corrected chi connectivity index (χ3v) is 4.11. The van der Waals surface area contributed by atoms with Gasteiger partial charge in [-0.25, -0.2) is 0 Å². The molecule has 0 bridgehead atoms. The quantitative estimate of drug-likeness (QED) is 0.692. The topological polar surface area (TPSA) is 0 Å². The van der Waals surface area contributed by atoms with Crippen LogP contribution in [0.1, 0.15) is 24.5 Å². The number of allylic oxidation sites excluding steroid dienone is 1. The minimum absolute atomic E-state index is 1.14. The van der Waals surface area contributed by atoms with Crippen molar-refractivity contribution < 1.29 is 0 Å². The number of hydrogen-bond donors (Lipinski definition) is 0. The van der Waals surface area contributed by atoms with Gasteiger partial charge < -0.3 is 0 Å². The highest BCUT2D eigenvalue weighted by atomic mass is 32.1. The first-order chi connectivity index (χ1) is 7.88. The molecule has 80 valence electrons. The standard InChI is InChI=1S/C15H14S/c1-2-11-9-12-5-3-6-13(14(12)10-11)15-7-4-8-16-15/h3-8,10H,2,9H2,1H3. The van der Waals surface area contributed by atoms with Crippen LogP contribution in [0.2, 0.25) is 0 Å².